The molecule has 1 N–H and O–H groups in total. The predicted octanol–water partition coefficient (Wildman–Crippen LogP) is 4.31. The Hall–Kier alpha value is -4.26. The first-order valence-corrected chi connectivity index (χ1v) is 11.4. The van der Waals surface area contributed by atoms with Gasteiger partial charge in [0.25, 0.3) is 0 Å². The Kier molecular flexibility index (Phi) is 6.16. The minimum atomic E-state index is -0.126. The highest BCUT2D eigenvalue weighted by Crippen LogP contribution is 2.21. The van der Waals surface area contributed by atoms with E-state index in [9.17, 15) is 9.59 Å². The van der Waals surface area contributed by atoms with Crippen molar-refractivity contribution in [2.24, 2.45) is 5.92 Å². The van der Waals surface area contributed by atoms with E-state index in [4.69, 9.17) is 0 Å². The number of fused-ring (bicyclic) bond motifs is 1. The van der Waals surface area contributed by atoms with E-state index in [1.165, 1.54) is 0 Å². The summed E-state index contributed by atoms with van der Waals surface area (Å²) >= 11 is 0. The van der Waals surface area contributed by atoms with Crippen molar-refractivity contribution in [1.82, 2.24) is 19.4 Å². The van der Waals surface area contributed by atoms with E-state index in [1.54, 1.807) is 23.5 Å². The SMILES string of the molecule is O=C(Nc1ccc(-n2cnc3ccccc32)nc1)C1CCN(C(=O)C=Cc2ccccc2)CC1. The van der Waals surface area contributed by atoms with Gasteiger partial charge in [0.2, 0.25) is 11.8 Å². The van der Waals surface area contributed by atoms with Crippen LogP contribution < -0.4 is 5.32 Å². The zero-order valence-electron chi connectivity index (χ0n) is 18.7. The van der Waals surface area contributed by atoms with Crippen molar-refractivity contribution in [2.45, 2.75) is 12.8 Å². The van der Waals surface area contributed by atoms with E-state index < -0.39 is 0 Å². The fourth-order valence-electron chi connectivity index (χ4n) is 4.19. The molecule has 0 atom stereocenters. The molecule has 3 heterocycles. The van der Waals surface area contributed by atoms with Gasteiger partial charge in [0.1, 0.15) is 12.1 Å². The third-order valence-corrected chi connectivity index (χ3v) is 6.11. The summed E-state index contributed by atoms with van der Waals surface area (Å²) in [5, 5.41) is 2.97. The fourth-order valence-corrected chi connectivity index (χ4v) is 4.19. The van der Waals surface area contributed by atoms with Gasteiger partial charge in [0.15, 0.2) is 0 Å². The molecule has 2 aromatic carbocycles. The zero-order chi connectivity index (χ0) is 23.3. The van der Waals surface area contributed by atoms with Gasteiger partial charge in [-0.3, -0.25) is 14.2 Å². The van der Waals surface area contributed by atoms with Crippen molar-refractivity contribution in [3.8, 4) is 5.82 Å². The predicted molar refractivity (Wildman–Crippen MR) is 132 cm³/mol. The molecule has 2 aromatic heterocycles. The van der Waals surface area contributed by atoms with Crippen molar-refractivity contribution in [2.75, 3.05) is 18.4 Å². The summed E-state index contributed by atoms with van der Waals surface area (Å²) < 4.78 is 1.92. The van der Waals surface area contributed by atoms with E-state index in [1.807, 2.05) is 77.4 Å². The number of anilines is 1. The van der Waals surface area contributed by atoms with Gasteiger partial charge in [-0.05, 0) is 48.7 Å². The lowest BCUT2D eigenvalue weighted by atomic mass is 9.95. The summed E-state index contributed by atoms with van der Waals surface area (Å²) in [5.74, 6) is 0.561. The minimum absolute atomic E-state index is 0.0190. The van der Waals surface area contributed by atoms with E-state index in [2.05, 4.69) is 15.3 Å². The van der Waals surface area contributed by atoms with Crippen LogP contribution in [0.25, 0.3) is 22.9 Å². The molecule has 34 heavy (non-hydrogen) atoms. The van der Waals surface area contributed by atoms with Crippen molar-refractivity contribution >= 4 is 34.6 Å². The normalized spacial score (nSPS) is 14.5. The summed E-state index contributed by atoms with van der Waals surface area (Å²) in [5.41, 5.74) is 3.53. The molecule has 1 fully saturated rings. The number of carbonyl (C=O) groups is 2. The molecule has 1 aliphatic rings. The highest BCUT2D eigenvalue weighted by molar-refractivity contribution is 5.94. The number of pyridine rings is 1. The Balaban J connectivity index is 1.15. The molecule has 7 heteroatoms. The molecule has 0 bridgehead atoms. The Morgan fingerprint density at radius 2 is 1.68 bits per heavy atom. The van der Waals surface area contributed by atoms with Crippen LogP contribution >= 0.6 is 0 Å². The Labute approximate surface area is 197 Å². The Morgan fingerprint density at radius 1 is 0.912 bits per heavy atom. The topological polar surface area (TPSA) is 80.1 Å². The summed E-state index contributed by atoms with van der Waals surface area (Å²) in [6, 6.07) is 21.3. The first-order chi connectivity index (χ1) is 16.7. The standard InChI is InChI=1S/C27H25N5O2/c33-26(13-10-20-6-2-1-3-7-20)31-16-14-21(15-17-31)27(34)30-22-11-12-25(28-18-22)32-19-29-23-8-4-5-9-24(23)32/h1-13,18-19,21H,14-17H2,(H,30,34). The number of carbonyl (C=O) groups excluding carboxylic acids is 2. The largest absolute Gasteiger partial charge is 0.339 e. The van der Waals surface area contributed by atoms with Crippen LogP contribution in [0.3, 0.4) is 0 Å². The van der Waals surface area contributed by atoms with Gasteiger partial charge in [0.05, 0.1) is 22.9 Å². The molecule has 5 rings (SSSR count). The van der Waals surface area contributed by atoms with E-state index >= 15 is 0 Å². The van der Waals surface area contributed by atoms with Gasteiger partial charge in [-0.1, -0.05) is 42.5 Å². The molecule has 0 unspecified atom stereocenters. The average molecular weight is 452 g/mol. The van der Waals surface area contributed by atoms with Crippen molar-refractivity contribution < 1.29 is 9.59 Å². The summed E-state index contributed by atoms with van der Waals surface area (Å²) in [6.45, 7) is 1.14. The number of piperidine rings is 1. The summed E-state index contributed by atoms with van der Waals surface area (Å²) in [4.78, 5) is 35.9. The number of para-hydroxylation sites is 2. The monoisotopic (exact) mass is 451 g/mol. The van der Waals surface area contributed by atoms with Crippen LogP contribution in [0.1, 0.15) is 18.4 Å². The Bertz CT molecular complexity index is 1320. The minimum Gasteiger partial charge on any atom is -0.339 e. The number of benzene rings is 2. The second kappa shape index (κ2) is 9.70. The lowest BCUT2D eigenvalue weighted by Gasteiger charge is -2.30. The number of rotatable bonds is 5. The van der Waals surface area contributed by atoms with Gasteiger partial charge in [-0.15, -0.1) is 0 Å². The lowest BCUT2D eigenvalue weighted by Crippen LogP contribution is -2.40. The molecule has 0 spiro atoms. The van der Waals surface area contributed by atoms with Crippen LogP contribution in [0.5, 0.6) is 0 Å². The number of nitrogens with zero attached hydrogens (tertiary/aromatic N) is 4. The maximum absolute atomic E-state index is 12.8. The van der Waals surface area contributed by atoms with Gasteiger partial charge in [-0.25, -0.2) is 9.97 Å². The van der Waals surface area contributed by atoms with Gasteiger partial charge in [0, 0.05) is 25.1 Å². The van der Waals surface area contributed by atoms with Crippen LogP contribution in [-0.2, 0) is 9.59 Å². The molecule has 1 aliphatic heterocycles. The van der Waals surface area contributed by atoms with Gasteiger partial charge >= 0.3 is 0 Å². The molecule has 1 saturated heterocycles. The maximum atomic E-state index is 12.8. The number of imidazole rings is 1. The van der Waals surface area contributed by atoms with Crippen molar-refractivity contribution in [1.29, 1.82) is 0 Å². The second-order valence-electron chi connectivity index (χ2n) is 8.34. The van der Waals surface area contributed by atoms with Crippen LogP contribution in [0, 0.1) is 5.92 Å². The molecule has 170 valence electrons. The number of nitrogens with one attached hydrogen (secondary N) is 1. The third kappa shape index (κ3) is 4.73. The van der Waals surface area contributed by atoms with E-state index in [0.717, 1.165) is 22.4 Å². The molecule has 0 saturated carbocycles. The maximum Gasteiger partial charge on any atom is 0.246 e. The molecule has 2 amide bonds. The van der Waals surface area contributed by atoms with Crippen LogP contribution in [0.4, 0.5) is 5.69 Å². The lowest BCUT2D eigenvalue weighted by molar-refractivity contribution is -0.130. The fraction of sp³-hybridized carbons (Fsp3) is 0.185. The number of aromatic nitrogens is 3. The number of amides is 2. The van der Waals surface area contributed by atoms with Crippen molar-refractivity contribution in [3.05, 3.63) is 90.9 Å². The molecular weight excluding hydrogens is 426 g/mol. The first kappa shape index (κ1) is 21.6. The van der Waals surface area contributed by atoms with Crippen molar-refractivity contribution in [3.63, 3.8) is 0 Å². The summed E-state index contributed by atoms with van der Waals surface area (Å²) in [6.07, 6.45) is 8.12. The molecule has 4 aromatic rings. The quantitative estimate of drug-likeness (QED) is 0.459. The highest BCUT2D eigenvalue weighted by Gasteiger charge is 2.26. The zero-order valence-corrected chi connectivity index (χ0v) is 18.7. The molecule has 7 nitrogen and oxygen atoms in total. The third-order valence-electron chi connectivity index (χ3n) is 6.11. The van der Waals surface area contributed by atoms with E-state index in [-0.39, 0.29) is 17.7 Å². The van der Waals surface area contributed by atoms with Gasteiger partial charge in [-0.2, -0.15) is 0 Å². The highest BCUT2D eigenvalue weighted by atomic mass is 16.2. The smallest absolute Gasteiger partial charge is 0.246 e. The molecule has 0 aliphatic carbocycles. The summed E-state index contributed by atoms with van der Waals surface area (Å²) in [7, 11) is 0. The number of likely N-dealkylation sites (tertiary alicyclic amines) is 1. The van der Waals surface area contributed by atoms with E-state index in [0.29, 0.717) is 31.6 Å². The van der Waals surface area contributed by atoms with Gasteiger partial charge < -0.3 is 10.2 Å². The average Bonchev–Trinajstić information content (AvgIpc) is 3.33. The first-order valence-electron chi connectivity index (χ1n) is 11.4. The van der Waals surface area contributed by atoms with Crippen LogP contribution in [0.2, 0.25) is 0 Å². The van der Waals surface area contributed by atoms with Crippen LogP contribution in [0.15, 0.2) is 85.3 Å². The van der Waals surface area contributed by atoms with Crippen LogP contribution in [-0.4, -0.2) is 44.3 Å². The Morgan fingerprint density at radius 3 is 2.44 bits per heavy atom. The number of hydrogen-bond acceptors (Lipinski definition) is 4. The number of hydrogen-bond donors (Lipinski definition) is 1. The molecular formula is C27H25N5O2. The second-order valence-corrected chi connectivity index (χ2v) is 8.34. The molecule has 0 radical (unpaired) electrons.